The number of anilines is 6. The lowest BCUT2D eigenvalue weighted by molar-refractivity contribution is 0.867. The zero-order valence-corrected chi connectivity index (χ0v) is 34.8. The summed E-state index contributed by atoms with van der Waals surface area (Å²) in [6.07, 6.45) is 0. The molecule has 0 aromatic heterocycles. The molecule has 0 bridgehead atoms. The van der Waals surface area contributed by atoms with E-state index >= 15 is 0 Å². The monoisotopic (exact) mass is 790 g/mol. The quantitative estimate of drug-likeness (QED) is 0.122. The van der Waals surface area contributed by atoms with Gasteiger partial charge in [0.25, 0.3) is 6.71 Å². The molecule has 0 spiro atoms. The van der Waals surface area contributed by atoms with Crippen LogP contribution in [0.1, 0.15) is 25.3 Å². The molecule has 0 unspecified atom stereocenters. The van der Waals surface area contributed by atoms with Crippen molar-refractivity contribution in [3.8, 4) is 33.4 Å². The maximum absolute atomic E-state index is 2.50. The van der Waals surface area contributed by atoms with E-state index in [9.17, 15) is 0 Å². The third kappa shape index (κ3) is 5.66. The first-order valence-corrected chi connectivity index (χ1v) is 21.8. The van der Waals surface area contributed by atoms with E-state index < -0.39 is 0 Å². The molecular formula is C59H43BN2. The fourth-order valence-electron chi connectivity index (χ4n) is 10.4. The van der Waals surface area contributed by atoms with Gasteiger partial charge in [0.1, 0.15) is 0 Å². The summed E-state index contributed by atoms with van der Waals surface area (Å²) >= 11 is 0. The van der Waals surface area contributed by atoms with Crippen molar-refractivity contribution in [1.82, 2.24) is 0 Å². The van der Waals surface area contributed by atoms with Gasteiger partial charge in [-0.1, -0.05) is 178 Å². The highest BCUT2D eigenvalue weighted by Crippen LogP contribution is 2.48. The summed E-state index contributed by atoms with van der Waals surface area (Å²) in [5, 5.41) is 5.06. The van der Waals surface area contributed by atoms with Crippen LogP contribution in [0.25, 0.3) is 54.9 Å². The zero-order chi connectivity index (χ0) is 41.3. The molecule has 2 heterocycles. The second kappa shape index (κ2) is 14.5. The number of para-hydroxylation sites is 4. The fraction of sp³-hybridized carbons (Fsp3) is 0.0508. The molecule has 10 aromatic carbocycles. The van der Waals surface area contributed by atoms with Crippen LogP contribution >= 0.6 is 0 Å². The Morgan fingerprint density at radius 1 is 0.339 bits per heavy atom. The molecule has 2 aliphatic rings. The first-order valence-electron chi connectivity index (χ1n) is 21.8. The fourth-order valence-corrected chi connectivity index (χ4v) is 10.4. The smallest absolute Gasteiger partial charge is 0.252 e. The van der Waals surface area contributed by atoms with Crippen LogP contribution in [0.15, 0.2) is 218 Å². The van der Waals surface area contributed by atoms with E-state index in [-0.39, 0.29) is 6.71 Å². The minimum absolute atomic E-state index is 0.0693. The van der Waals surface area contributed by atoms with E-state index in [1.807, 2.05) is 0 Å². The molecular weight excluding hydrogens is 747 g/mol. The second-order valence-corrected chi connectivity index (χ2v) is 17.0. The van der Waals surface area contributed by atoms with E-state index in [0.717, 1.165) is 11.4 Å². The van der Waals surface area contributed by atoms with Gasteiger partial charge in [0, 0.05) is 34.1 Å². The van der Waals surface area contributed by atoms with Gasteiger partial charge in [-0.2, -0.15) is 0 Å². The molecule has 0 N–H and O–H groups in total. The van der Waals surface area contributed by atoms with Crippen LogP contribution in [0.2, 0.25) is 0 Å². The van der Waals surface area contributed by atoms with E-state index in [4.69, 9.17) is 0 Å². The number of hydrogen-bond acceptors (Lipinski definition) is 2. The average molecular weight is 791 g/mol. The van der Waals surface area contributed by atoms with Crippen LogP contribution in [0, 0.1) is 0 Å². The van der Waals surface area contributed by atoms with Gasteiger partial charge in [-0.05, 0) is 137 Å². The molecule has 0 radical (unpaired) electrons. The van der Waals surface area contributed by atoms with Crippen molar-refractivity contribution in [2.45, 2.75) is 19.8 Å². The lowest BCUT2D eigenvalue weighted by Crippen LogP contribution is -2.61. The number of fused-ring (bicyclic) bond motifs is 6. The Morgan fingerprint density at radius 2 is 0.726 bits per heavy atom. The minimum atomic E-state index is 0.0693. The zero-order valence-electron chi connectivity index (χ0n) is 34.8. The highest BCUT2D eigenvalue weighted by molar-refractivity contribution is 7.00. The molecule has 3 heteroatoms. The Morgan fingerprint density at radius 3 is 1.21 bits per heavy atom. The topological polar surface area (TPSA) is 6.48 Å². The van der Waals surface area contributed by atoms with Gasteiger partial charge in [-0.25, -0.2) is 0 Å². The molecule has 0 saturated heterocycles. The van der Waals surface area contributed by atoms with Crippen molar-refractivity contribution in [3.63, 3.8) is 0 Å². The lowest BCUT2D eigenvalue weighted by atomic mass is 9.33. The van der Waals surface area contributed by atoms with E-state index in [1.54, 1.807) is 0 Å². The molecule has 0 atom stereocenters. The van der Waals surface area contributed by atoms with Crippen LogP contribution in [-0.2, 0) is 0 Å². The molecule has 0 fully saturated rings. The predicted octanol–water partition coefficient (Wildman–Crippen LogP) is 14.2. The minimum Gasteiger partial charge on any atom is -0.311 e. The highest BCUT2D eigenvalue weighted by atomic mass is 15.2. The van der Waals surface area contributed by atoms with Gasteiger partial charge in [0.15, 0.2) is 0 Å². The summed E-state index contributed by atoms with van der Waals surface area (Å²) in [6.45, 7) is 4.71. The molecule has 10 aromatic rings. The van der Waals surface area contributed by atoms with Gasteiger partial charge < -0.3 is 9.80 Å². The van der Waals surface area contributed by atoms with Crippen LogP contribution < -0.4 is 26.2 Å². The first kappa shape index (κ1) is 36.3. The molecule has 0 aliphatic carbocycles. The Hall–Kier alpha value is -7.62. The third-order valence-corrected chi connectivity index (χ3v) is 13.2. The summed E-state index contributed by atoms with van der Waals surface area (Å²) in [5.41, 5.74) is 19.9. The molecule has 2 aliphatic heterocycles. The van der Waals surface area contributed by atoms with E-state index in [2.05, 4.69) is 242 Å². The Kier molecular flexibility index (Phi) is 8.50. The standard InChI is InChI=1S/C59H43BN2/c1-39(2)41-34-42(36-44(35-41)58-49-28-14-12-26-47(49)57(40-20-6-3-7-21-40)48-27-13-15-29-50(48)58)43-37-55-59-56(38-43)62(46-24-10-5-11-25-46)54-33-19-17-31-52(54)60(59)51-30-16-18-32-53(51)61(55)45-22-8-4-9-23-45/h3-39H,1-2H3. The van der Waals surface area contributed by atoms with E-state index in [1.165, 1.54) is 99.6 Å². The van der Waals surface area contributed by atoms with Gasteiger partial charge in [0.05, 0.1) is 0 Å². The molecule has 0 amide bonds. The van der Waals surface area contributed by atoms with Gasteiger partial charge in [-0.3, -0.25) is 0 Å². The molecule has 0 saturated carbocycles. The van der Waals surface area contributed by atoms with Crippen molar-refractivity contribution in [3.05, 3.63) is 224 Å². The maximum Gasteiger partial charge on any atom is 0.252 e. The first-order chi connectivity index (χ1) is 30.6. The lowest BCUT2D eigenvalue weighted by Gasteiger charge is -2.44. The SMILES string of the molecule is CC(C)c1cc(-c2cc3c4c(c2)N(c2ccccc2)c2ccccc2B4c2ccccc2N3c2ccccc2)cc(-c2c3ccccc3c(-c3ccccc3)c3ccccc23)c1. The normalized spacial score (nSPS) is 12.7. The number of rotatable bonds is 6. The maximum atomic E-state index is 2.50. The molecule has 2 nitrogen and oxygen atoms in total. The van der Waals surface area contributed by atoms with E-state index in [0.29, 0.717) is 5.92 Å². The van der Waals surface area contributed by atoms with Crippen molar-refractivity contribution in [2.75, 3.05) is 9.80 Å². The predicted molar refractivity (Wildman–Crippen MR) is 266 cm³/mol. The van der Waals surface area contributed by atoms with Crippen molar-refractivity contribution < 1.29 is 0 Å². The van der Waals surface area contributed by atoms with Gasteiger partial charge >= 0.3 is 0 Å². The number of nitrogens with zero attached hydrogens (tertiary/aromatic N) is 2. The van der Waals surface area contributed by atoms with Gasteiger partial charge in [0.2, 0.25) is 0 Å². The molecule has 292 valence electrons. The molecule has 12 rings (SSSR count). The summed E-state index contributed by atoms with van der Waals surface area (Å²) < 4.78 is 0. The Balaban J connectivity index is 1.17. The van der Waals surface area contributed by atoms with Gasteiger partial charge in [-0.15, -0.1) is 0 Å². The number of benzene rings is 10. The summed E-state index contributed by atoms with van der Waals surface area (Å²) in [4.78, 5) is 5.00. The Bertz CT molecular complexity index is 3170. The summed E-state index contributed by atoms with van der Waals surface area (Å²) in [7, 11) is 0. The average Bonchev–Trinajstić information content (AvgIpc) is 3.33. The number of hydrogen-bond donors (Lipinski definition) is 0. The Labute approximate surface area is 364 Å². The summed E-state index contributed by atoms with van der Waals surface area (Å²) in [5.74, 6) is 0.315. The van der Waals surface area contributed by atoms with Crippen LogP contribution in [-0.4, -0.2) is 6.71 Å². The third-order valence-electron chi connectivity index (χ3n) is 13.2. The van der Waals surface area contributed by atoms with Crippen molar-refractivity contribution in [2.24, 2.45) is 0 Å². The van der Waals surface area contributed by atoms with Crippen molar-refractivity contribution >= 4 is 78.8 Å². The summed E-state index contributed by atoms with van der Waals surface area (Å²) in [6, 6.07) is 81.0. The second-order valence-electron chi connectivity index (χ2n) is 17.0. The van der Waals surface area contributed by atoms with Crippen LogP contribution in [0.4, 0.5) is 34.1 Å². The highest BCUT2D eigenvalue weighted by Gasteiger charge is 2.43. The largest absolute Gasteiger partial charge is 0.311 e. The molecule has 62 heavy (non-hydrogen) atoms. The van der Waals surface area contributed by atoms with Crippen molar-refractivity contribution in [1.29, 1.82) is 0 Å². The van der Waals surface area contributed by atoms with Crippen LogP contribution in [0.3, 0.4) is 0 Å². The van der Waals surface area contributed by atoms with Crippen LogP contribution in [0.5, 0.6) is 0 Å².